The van der Waals surface area contributed by atoms with E-state index in [0.29, 0.717) is 0 Å². The second-order valence-corrected chi connectivity index (χ2v) is 2.57. The number of aliphatic hydroxyl groups excluding tert-OH is 1. The van der Waals surface area contributed by atoms with Gasteiger partial charge in [0.1, 0.15) is 6.61 Å². The van der Waals surface area contributed by atoms with Gasteiger partial charge in [-0.15, -0.1) is 11.6 Å². The van der Waals surface area contributed by atoms with Gasteiger partial charge in [-0.2, -0.15) is 0 Å². The minimum absolute atomic E-state index is 0.0336. The number of rotatable bonds is 5. The number of halogens is 1. The van der Waals surface area contributed by atoms with Gasteiger partial charge in [0.25, 0.3) is 0 Å². The average Bonchev–Trinajstić information content (AvgIpc) is 2.00. The van der Waals surface area contributed by atoms with Gasteiger partial charge in [-0.1, -0.05) is 12.7 Å². The van der Waals surface area contributed by atoms with E-state index in [0.717, 1.165) is 0 Å². The highest BCUT2D eigenvalue weighted by molar-refractivity contribution is 6.21. The summed E-state index contributed by atoms with van der Waals surface area (Å²) in [4.78, 5) is 10.7. The van der Waals surface area contributed by atoms with Crippen LogP contribution in [0.1, 0.15) is 6.42 Å². The maximum absolute atomic E-state index is 10.7. The molecule has 64 valence electrons. The SMILES string of the molecule is C=CCOC(=O)CC(Cl)CO. The Morgan fingerprint density at radius 1 is 1.82 bits per heavy atom. The predicted octanol–water partition coefficient (Wildman–Crippen LogP) is 0.705. The third kappa shape index (κ3) is 5.88. The Bertz CT molecular complexity index is 136. The largest absolute Gasteiger partial charge is 0.461 e. The van der Waals surface area contributed by atoms with Crippen molar-refractivity contribution in [1.29, 1.82) is 0 Å². The molecule has 0 fully saturated rings. The molecule has 0 aliphatic rings. The van der Waals surface area contributed by atoms with Crippen LogP contribution in [-0.4, -0.2) is 29.7 Å². The molecule has 1 unspecified atom stereocenters. The molecular formula is C7H11ClO3. The second kappa shape index (κ2) is 6.19. The number of carbonyl (C=O) groups is 1. The van der Waals surface area contributed by atoms with Crippen LogP contribution in [0.5, 0.6) is 0 Å². The van der Waals surface area contributed by atoms with Crippen molar-refractivity contribution in [3.63, 3.8) is 0 Å². The molecule has 0 aromatic carbocycles. The van der Waals surface area contributed by atoms with Crippen molar-refractivity contribution in [1.82, 2.24) is 0 Å². The van der Waals surface area contributed by atoms with E-state index in [1.54, 1.807) is 0 Å². The first-order valence-electron chi connectivity index (χ1n) is 3.22. The highest BCUT2D eigenvalue weighted by Gasteiger charge is 2.09. The Kier molecular flexibility index (Phi) is 5.88. The third-order valence-electron chi connectivity index (χ3n) is 0.948. The van der Waals surface area contributed by atoms with E-state index in [4.69, 9.17) is 16.7 Å². The number of esters is 1. The summed E-state index contributed by atoms with van der Waals surface area (Å²) in [5, 5.41) is 7.90. The van der Waals surface area contributed by atoms with Gasteiger partial charge in [0.05, 0.1) is 18.4 Å². The van der Waals surface area contributed by atoms with Crippen LogP contribution < -0.4 is 0 Å². The van der Waals surface area contributed by atoms with Gasteiger partial charge >= 0.3 is 5.97 Å². The molecule has 0 radical (unpaired) electrons. The molecule has 3 nitrogen and oxygen atoms in total. The molecule has 1 atom stereocenters. The first kappa shape index (κ1) is 10.5. The standard InChI is InChI=1S/C7H11ClO3/c1-2-3-11-7(10)4-6(8)5-9/h2,6,9H,1,3-5H2. The van der Waals surface area contributed by atoms with Crippen LogP contribution in [0.3, 0.4) is 0 Å². The molecule has 0 aliphatic carbocycles. The van der Waals surface area contributed by atoms with Gasteiger partial charge in [0, 0.05) is 0 Å². The number of ether oxygens (including phenoxy) is 1. The van der Waals surface area contributed by atoms with Crippen molar-refractivity contribution >= 4 is 17.6 Å². The summed E-state index contributed by atoms with van der Waals surface area (Å²) in [6, 6.07) is 0. The normalized spacial score (nSPS) is 12.2. The molecule has 0 heterocycles. The summed E-state index contributed by atoms with van der Waals surface area (Å²) >= 11 is 5.46. The zero-order chi connectivity index (χ0) is 8.69. The van der Waals surface area contributed by atoms with Crippen molar-refractivity contribution in [2.75, 3.05) is 13.2 Å². The Balaban J connectivity index is 3.43. The van der Waals surface area contributed by atoms with E-state index in [-0.39, 0.29) is 19.6 Å². The minimum Gasteiger partial charge on any atom is -0.461 e. The molecule has 4 heteroatoms. The summed E-state index contributed by atoms with van der Waals surface area (Å²) in [7, 11) is 0. The van der Waals surface area contributed by atoms with E-state index >= 15 is 0 Å². The van der Waals surface area contributed by atoms with Crippen LogP contribution in [-0.2, 0) is 9.53 Å². The van der Waals surface area contributed by atoms with E-state index in [2.05, 4.69) is 11.3 Å². The monoisotopic (exact) mass is 178 g/mol. The smallest absolute Gasteiger partial charge is 0.307 e. The molecule has 0 saturated heterocycles. The molecule has 0 aromatic heterocycles. The first-order valence-corrected chi connectivity index (χ1v) is 3.65. The van der Waals surface area contributed by atoms with E-state index in [1.807, 2.05) is 0 Å². The fourth-order valence-electron chi connectivity index (χ4n) is 0.456. The molecule has 0 spiro atoms. The molecule has 0 rings (SSSR count). The molecule has 0 aliphatic heterocycles. The zero-order valence-corrected chi connectivity index (χ0v) is 6.88. The molecule has 0 aromatic rings. The maximum Gasteiger partial charge on any atom is 0.307 e. The topological polar surface area (TPSA) is 46.5 Å². The van der Waals surface area contributed by atoms with Crippen molar-refractivity contribution in [2.24, 2.45) is 0 Å². The lowest BCUT2D eigenvalue weighted by atomic mass is 10.3. The Morgan fingerprint density at radius 2 is 2.45 bits per heavy atom. The van der Waals surface area contributed by atoms with Crippen LogP contribution >= 0.6 is 11.6 Å². The van der Waals surface area contributed by atoms with Gasteiger partial charge < -0.3 is 9.84 Å². The number of alkyl halides is 1. The number of carbonyl (C=O) groups excluding carboxylic acids is 1. The van der Waals surface area contributed by atoms with Crippen molar-refractivity contribution < 1.29 is 14.6 Å². The molecule has 0 saturated carbocycles. The van der Waals surface area contributed by atoms with Gasteiger partial charge in [0.2, 0.25) is 0 Å². The van der Waals surface area contributed by atoms with E-state index in [9.17, 15) is 4.79 Å². The van der Waals surface area contributed by atoms with Crippen molar-refractivity contribution in [3.05, 3.63) is 12.7 Å². The lowest BCUT2D eigenvalue weighted by molar-refractivity contribution is -0.142. The van der Waals surface area contributed by atoms with Crippen molar-refractivity contribution in [2.45, 2.75) is 11.8 Å². The lowest BCUT2D eigenvalue weighted by Gasteiger charge is -2.04. The molecule has 1 N–H and O–H groups in total. The predicted molar refractivity (Wildman–Crippen MR) is 42.5 cm³/mol. The second-order valence-electron chi connectivity index (χ2n) is 1.96. The quantitative estimate of drug-likeness (QED) is 0.383. The van der Waals surface area contributed by atoms with Gasteiger partial charge in [0.15, 0.2) is 0 Å². The van der Waals surface area contributed by atoms with Crippen molar-refractivity contribution in [3.8, 4) is 0 Å². The fourth-order valence-corrected chi connectivity index (χ4v) is 0.582. The highest BCUT2D eigenvalue weighted by Crippen LogP contribution is 2.01. The number of hydrogen-bond acceptors (Lipinski definition) is 3. The summed E-state index contributed by atoms with van der Waals surface area (Å²) in [5.74, 6) is -0.418. The van der Waals surface area contributed by atoms with Crippen LogP contribution in [0.4, 0.5) is 0 Å². The summed E-state index contributed by atoms with van der Waals surface area (Å²) < 4.78 is 4.61. The lowest BCUT2D eigenvalue weighted by Crippen LogP contribution is -2.14. The molecule has 0 bridgehead atoms. The van der Waals surface area contributed by atoms with Gasteiger partial charge in [-0.05, 0) is 0 Å². The van der Waals surface area contributed by atoms with E-state index in [1.165, 1.54) is 6.08 Å². The summed E-state index contributed by atoms with van der Waals surface area (Å²) in [5.41, 5.74) is 0. The average molecular weight is 179 g/mol. The Labute approximate surface area is 70.6 Å². The minimum atomic E-state index is -0.549. The van der Waals surface area contributed by atoms with Crippen LogP contribution in [0.15, 0.2) is 12.7 Å². The Morgan fingerprint density at radius 3 is 2.91 bits per heavy atom. The molecule has 11 heavy (non-hydrogen) atoms. The van der Waals surface area contributed by atoms with Crippen LogP contribution in [0.25, 0.3) is 0 Å². The first-order chi connectivity index (χ1) is 5.20. The number of hydrogen-bond donors (Lipinski definition) is 1. The highest BCUT2D eigenvalue weighted by atomic mass is 35.5. The molecule has 0 amide bonds. The fraction of sp³-hybridized carbons (Fsp3) is 0.571. The van der Waals surface area contributed by atoms with Crippen LogP contribution in [0, 0.1) is 0 Å². The molecular weight excluding hydrogens is 168 g/mol. The zero-order valence-electron chi connectivity index (χ0n) is 6.12. The van der Waals surface area contributed by atoms with Gasteiger partial charge in [-0.25, -0.2) is 0 Å². The van der Waals surface area contributed by atoms with Gasteiger partial charge in [-0.3, -0.25) is 4.79 Å². The number of aliphatic hydroxyl groups is 1. The maximum atomic E-state index is 10.7. The summed E-state index contributed by atoms with van der Waals surface area (Å²) in [6.45, 7) is 3.34. The van der Waals surface area contributed by atoms with Crippen LogP contribution in [0.2, 0.25) is 0 Å². The summed E-state index contributed by atoms with van der Waals surface area (Å²) in [6.07, 6.45) is 1.51. The Hall–Kier alpha value is -0.540. The van der Waals surface area contributed by atoms with E-state index < -0.39 is 11.3 Å². The third-order valence-corrected chi connectivity index (χ3v) is 1.24.